The fourth-order valence-electron chi connectivity index (χ4n) is 4.06. The molecule has 3 amide bonds. The van der Waals surface area contributed by atoms with Crippen LogP contribution in [0.15, 0.2) is 54.6 Å². The van der Waals surface area contributed by atoms with E-state index < -0.39 is 0 Å². The average molecular weight is 423 g/mol. The first-order chi connectivity index (χ1) is 15.0. The molecule has 2 atom stereocenters. The van der Waals surface area contributed by atoms with Gasteiger partial charge in [0.1, 0.15) is 6.04 Å². The topological polar surface area (TPSA) is 64.7 Å². The molecule has 2 aromatic rings. The molecule has 3 rings (SSSR count). The van der Waals surface area contributed by atoms with Crippen LogP contribution in [0.2, 0.25) is 0 Å². The zero-order chi connectivity index (χ0) is 22.2. The first kappa shape index (κ1) is 22.8. The molecule has 0 aromatic heterocycles. The Bertz CT molecular complexity index is 854. The summed E-state index contributed by atoms with van der Waals surface area (Å²) >= 11 is 0. The molecular formula is C25H34N4O2. The molecule has 1 aliphatic rings. The lowest BCUT2D eigenvalue weighted by Crippen LogP contribution is -2.48. The van der Waals surface area contributed by atoms with Crippen molar-refractivity contribution in [1.29, 1.82) is 0 Å². The van der Waals surface area contributed by atoms with E-state index in [0.29, 0.717) is 13.1 Å². The van der Waals surface area contributed by atoms with Gasteiger partial charge >= 0.3 is 6.03 Å². The number of carbonyl (C=O) groups is 2. The van der Waals surface area contributed by atoms with Gasteiger partial charge in [-0.05, 0) is 57.0 Å². The molecule has 6 heteroatoms. The van der Waals surface area contributed by atoms with Gasteiger partial charge in [0.2, 0.25) is 5.91 Å². The van der Waals surface area contributed by atoms with Crippen LogP contribution in [0.1, 0.15) is 36.9 Å². The van der Waals surface area contributed by atoms with Crippen LogP contribution in [-0.2, 0) is 4.79 Å². The molecular weight excluding hydrogens is 388 g/mol. The Hall–Kier alpha value is -2.86. The van der Waals surface area contributed by atoms with Gasteiger partial charge in [-0.2, -0.15) is 0 Å². The third-order valence-corrected chi connectivity index (χ3v) is 5.98. The van der Waals surface area contributed by atoms with Crippen LogP contribution < -0.4 is 10.6 Å². The van der Waals surface area contributed by atoms with E-state index in [1.807, 2.05) is 73.5 Å². The Labute approximate surface area is 185 Å². The first-order valence-corrected chi connectivity index (χ1v) is 11.1. The Morgan fingerprint density at radius 3 is 2.52 bits per heavy atom. The second kappa shape index (κ2) is 11.0. The van der Waals surface area contributed by atoms with Crippen LogP contribution in [0.3, 0.4) is 0 Å². The van der Waals surface area contributed by atoms with Crippen LogP contribution in [0.4, 0.5) is 10.5 Å². The van der Waals surface area contributed by atoms with Crippen molar-refractivity contribution in [3.8, 4) is 0 Å². The summed E-state index contributed by atoms with van der Waals surface area (Å²) in [4.78, 5) is 29.8. The standard InChI is InChI=1S/C25H34N4O2/c1-4-28(3)23(21-10-6-5-7-11-21)24(30)29-16-8-9-20(18-29)17-26-25(31)27-22-14-12-19(2)13-15-22/h5-7,10-15,20,23H,4,8-9,16-18H2,1-3H3,(H2,26,27,31). The number of nitrogens with zero attached hydrogens (tertiary/aromatic N) is 2. The van der Waals surface area contributed by atoms with E-state index in [-0.39, 0.29) is 23.9 Å². The fourth-order valence-corrected chi connectivity index (χ4v) is 4.06. The van der Waals surface area contributed by atoms with E-state index in [2.05, 4.69) is 22.5 Å². The Morgan fingerprint density at radius 1 is 1.13 bits per heavy atom. The van der Waals surface area contributed by atoms with Crippen molar-refractivity contribution in [3.05, 3.63) is 65.7 Å². The van der Waals surface area contributed by atoms with Crippen LogP contribution in [0.5, 0.6) is 0 Å². The highest BCUT2D eigenvalue weighted by atomic mass is 16.2. The van der Waals surface area contributed by atoms with Crippen molar-refractivity contribution in [2.75, 3.05) is 38.5 Å². The summed E-state index contributed by atoms with van der Waals surface area (Å²) in [5.74, 6) is 0.397. The predicted octanol–water partition coefficient (Wildman–Crippen LogP) is 4.05. The van der Waals surface area contributed by atoms with E-state index >= 15 is 0 Å². The Morgan fingerprint density at radius 2 is 1.84 bits per heavy atom. The van der Waals surface area contributed by atoms with Crippen LogP contribution in [0.25, 0.3) is 0 Å². The van der Waals surface area contributed by atoms with E-state index in [4.69, 9.17) is 0 Å². The van der Waals surface area contributed by atoms with Gasteiger partial charge in [0.25, 0.3) is 0 Å². The highest BCUT2D eigenvalue weighted by Gasteiger charge is 2.32. The number of hydrogen-bond donors (Lipinski definition) is 2. The smallest absolute Gasteiger partial charge is 0.319 e. The molecule has 166 valence electrons. The lowest BCUT2D eigenvalue weighted by atomic mass is 9.96. The Balaban J connectivity index is 1.56. The lowest BCUT2D eigenvalue weighted by Gasteiger charge is -2.37. The average Bonchev–Trinajstić information content (AvgIpc) is 2.80. The number of nitrogens with one attached hydrogen (secondary N) is 2. The zero-order valence-corrected chi connectivity index (χ0v) is 18.8. The third-order valence-electron chi connectivity index (χ3n) is 5.98. The molecule has 0 aliphatic carbocycles. The SMILES string of the molecule is CCN(C)C(C(=O)N1CCCC(CNC(=O)Nc2ccc(C)cc2)C1)c1ccccc1. The summed E-state index contributed by atoms with van der Waals surface area (Å²) in [6.45, 7) is 6.88. The maximum atomic E-state index is 13.4. The van der Waals surface area contributed by atoms with Crippen molar-refractivity contribution in [1.82, 2.24) is 15.1 Å². The molecule has 0 saturated carbocycles. The highest BCUT2D eigenvalue weighted by Crippen LogP contribution is 2.25. The fraction of sp³-hybridized carbons (Fsp3) is 0.440. The van der Waals surface area contributed by atoms with Crippen LogP contribution in [0, 0.1) is 12.8 Å². The zero-order valence-electron chi connectivity index (χ0n) is 18.8. The summed E-state index contributed by atoms with van der Waals surface area (Å²) in [6, 6.07) is 17.2. The van der Waals surface area contributed by atoms with E-state index in [1.54, 1.807) is 0 Å². The molecule has 6 nitrogen and oxygen atoms in total. The molecule has 2 N–H and O–H groups in total. The number of amides is 3. The summed E-state index contributed by atoms with van der Waals surface area (Å²) < 4.78 is 0. The third kappa shape index (κ3) is 6.31. The molecule has 2 unspecified atom stereocenters. The second-order valence-electron chi connectivity index (χ2n) is 8.38. The first-order valence-electron chi connectivity index (χ1n) is 11.1. The van der Waals surface area contributed by atoms with E-state index in [0.717, 1.165) is 42.7 Å². The summed E-state index contributed by atoms with van der Waals surface area (Å²) in [6.07, 6.45) is 1.96. The number of benzene rings is 2. The molecule has 1 fully saturated rings. The van der Waals surface area contributed by atoms with Gasteiger partial charge in [0.15, 0.2) is 0 Å². The monoisotopic (exact) mass is 422 g/mol. The summed E-state index contributed by atoms with van der Waals surface area (Å²) in [5, 5.41) is 5.84. The van der Waals surface area contributed by atoms with Crippen molar-refractivity contribution in [3.63, 3.8) is 0 Å². The summed E-state index contributed by atoms with van der Waals surface area (Å²) in [7, 11) is 1.99. The number of urea groups is 1. The number of rotatable bonds is 7. The van der Waals surface area contributed by atoms with E-state index in [1.165, 1.54) is 0 Å². The van der Waals surface area contributed by atoms with Crippen LogP contribution in [-0.4, -0.2) is 55.0 Å². The number of aryl methyl sites for hydroxylation is 1. The quantitative estimate of drug-likeness (QED) is 0.708. The largest absolute Gasteiger partial charge is 0.341 e. The molecule has 0 spiro atoms. The Kier molecular flexibility index (Phi) is 8.06. The van der Waals surface area contributed by atoms with Gasteiger partial charge in [0.05, 0.1) is 0 Å². The van der Waals surface area contributed by atoms with Gasteiger partial charge in [0, 0.05) is 25.3 Å². The minimum atomic E-state index is -0.275. The molecule has 0 bridgehead atoms. The molecule has 1 saturated heterocycles. The molecule has 1 heterocycles. The molecule has 0 radical (unpaired) electrons. The number of likely N-dealkylation sites (N-methyl/N-ethyl adjacent to an activating group) is 1. The van der Waals surface area contributed by atoms with Gasteiger partial charge < -0.3 is 15.5 Å². The molecule has 2 aromatic carbocycles. The molecule has 31 heavy (non-hydrogen) atoms. The van der Waals surface area contributed by atoms with Gasteiger partial charge in [-0.3, -0.25) is 9.69 Å². The maximum absolute atomic E-state index is 13.4. The minimum Gasteiger partial charge on any atom is -0.341 e. The number of likely N-dealkylation sites (tertiary alicyclic amines) is 1. The van der Waals surface area contributed by atoms with E-state index in [9.17, 15) is 9.59 Å². The van der Waals surface area contributed by atoms with Gasteiger partial charge in [-0.25, -0.2) is 4.79 Å². The highest BCUT2D eigenvalue weighted by molar-refractivity contribution is 5.89. The van der Waals surface area contributed by atoms with Crippen LogP contribution >= 0.6 is 0 Å². The number of hydrogen-bond acceptors (Lipinski definition) is 3. The second-order valence-corrected chi connectivity index (χ2v) is 8.38. The summed E-state index contributed by atoms with van der Waals surface area (Å²) in [5.41, 5.74) is 2.95. The van der Waals surface area contributed by atoms with Gasteiger partial charge in [-0.1, -0.05) is 55.0 Å². The maximum Gasteiger partial charge on any atom is 0.319 e. The molecule has 1 aliphatic heterocycles. The van der Waals surface area contributed by atoms with Crippen molar-refractivity contribution in [2.24, 2.45) is 5.92 Å². The minimum absolute atomic E-state index is 0.143. The lowest BCUT2D eigenvalue weighted by molar-refractivity contribution is -0.138. The number of anilines is 1. The van der Waals surface area contributed by atoms with Crippen molar-refractivity contribution >= 4 is 17.6 Å². The van der Waals surface area contributed by atoms with Gasteiger partial charge in [-0.15, -0.1) is 0 Å². The number of piperidine rings is 1. The van der Waals surface area contributed by atoms with Crippen molar-refractivity contribution < 1.29 is 9.59 Å². The number of carbonyl (C=O) groups excluding carboxylic acids is 2. The van der Waals surface area contributed by atoms with Crippen molar-refractivity contribution in [2.45, 2.75) is 32.7 Å². The normalized spacial score (nSPS) is 17.3. The predicted molar refractivity (Wildman–Crippen MR) is 125 cm³/mol.